The number of anilines is 3. The van der Waals surface area contributed by atoms with Crippen LogP contribution in [0.5, 0.6) is 0 Å². The van der Waals surface area contributed by atoms with Crippen LogP contribution in [0.1, 0.15) is 35.1 Å². The van der Waals surface area contributed by atoms with Crippen molar-refractivity contribution in [3.63, 3.8) is 0 Å². The van der Waals surface area contributed by atoms with Gasteiger partial charge in [0.2, 0.25) is 0 Å². The topological polar surface area (TPSA) is 37.4 Å². The Balaban J connectivity index is 1.86. The summed E-state index contributed by atoms with van der Waals surface area (Å²) in [5.41, 5.74) is 7.39. The van der Waals surface area contributed by atoms with E-state index in [0.29, 0.717) is 8.92 Å². The van der Waals surface area contributed by atoms with Crippen LogP contribution < -0.4 is 13.8 Å². The number of benzene rings is 3. The zero-order valence-electron chi connectivity index (χ0n) is 16.2. The number of hydrogen-bond acceptors (Lipinski definition) is 3. The molecule has 0 N–H and O–H groups in total. The standard InChI is InChI=1S/C24H23NO2Se/c1-16-10-12-21-23(14-16)28(26,27)24-15-17(2)11-13-22(24)25(21)20-9-5-7-18-6-3-4-8-19(18)20/h5,7,9-15H,3-4,6,8H2,1-2H3. The van der Waals surface area contributed by atoms with Gasteiger partial charge in [-0.2, -0.15) is 0 Å². The van der Waals surface area contributed by atoms with Crippen LogP contribution in [0.25, 0.3) is 0 Å². The van der Waals surface area contributed by atoms with Crippen molar-refractivity contribution < 1.29 is 7.67 Å². The Morgan fingerprint density at radius 1 is 0.750 bits per heavy atom. The summed E-state index contributed by atoms with van der Waals surface area (Å²) in [6.07, 6.45) is 4.55. The minimum atomic E-state index is -4.46. The molecule has 0 amide bonds. The van der Waals surface area contributed by atoms with Gasteiger partial charge >= 0.3 is 168 Å². The molecule has 3 aromatic rings. The van der Waals surface area contributed by atoms with Crippen molar-refractivity contribution in [2.24, 2.45) is 0 Å². The molecule has 3 aromatic carbocycles. The summed E-state index contributed by atoms with van der Waals surface area (Å²) >= 11 is -4.46. The molecule has 0 saturated heterocycles. The molecule has 0 atom stereocenters. The molecule has 0 aromatic heterocycles. The predicted octanol–water partition coefficient (Wildman–Crippen LogP) is 4.38. The van der Waals surface area contributed by atoms with Gasteiger partial charge in [-0.1, -0.05) is 0 Å². The fourth-order valence-electron chi connectivity index (χ4n) is 4.52. The molecule has 28 heavy (non-hydrogen) atoms. The van der Waals surface area contributed by atoms with Crippen molar-refractivity contribution in [3.8, 4) is 0 Å². The number of rotatable bonds is 1. The predicted molar refractivity (Wildman–Crippen MR) is 114 cm³/mol. The molecular weight excluding hydrogens is 413 g/mol. The van der Waals surface area contributed by atoms with Crippen molar-refractivity contribution >= 4 is 38.7 Å². The van der Waals surface area contributed by atoms with E-state index in [-0.39, 0.29) is 0 Å². The Kier molecular flexibility index (Phi) is 3.97. The van der Waals surface area contributed by atoms with E-state index in [9.17, 15) is 7.67 Å². The Morgan fingerprint density at radius 3 is 2.00 bits per heavy atom. The summed E-state index contributed by atoms with van der Waals surface area (Å²) < 4.78 is 28.0. The van der Waals surface area contributed by atoms with Gasteiger partial charge in [0.1, 0.15) is 0 Å². The molecule has 0 bridgehead atoms. The first-order valence-corrected chi connectivity index (χ1v) is 13.0. The Morgan fingerprint density at radius 2 is 1.36 bits per heavy atom. The van der Waals surface area contributed by atoms with Crippen molar-refractivity contribution in [1.29, 1.82) is 0 Å². The van der Waals surface area contributed by atoms with Gasteiger partial charge in [0.25, 0.3) is 0 Å². The maximum atomic E-state index is 13.5. The molecule has 0 radical (unpaired) electrons. The van der Waals surface area contributed by atoms with Gasteiger partial charge in [-0.3, -0.25) is 0 Å². The van der Waals surface area contributed by atoms with Gasteiger partial charge < -0.3 is 0 Å². The first-order chi connectivity index (χ1) is 13.5. The Labute approximate surface area is 167 Å². The van der Waals surface area contributed by atoms with Gasteiger partial charge in [0, 0.05) is 0 Å². The molecular formula is C24H23NO2Se. The van der Waals surface area contributed by atoms with E-state index in [1.807, 2.05) is 50.2 Å². The van der Waals surface area contributed by atoms with E-state index in [1.54, 1.807) is 0 Å². The molecule has 142 valence electrons. The zero-order valence-corrected chi connectivity index (χ0v) is 17.9. The molecule has 0 spiro atoms. The first-order valence-electron chi connectivity index (χ1n) is 9.84. The third-order valence-electron chi connectivity index (χ3n) is 5.90. The van der Waals surface area contributed by atoms with Crippen molar-refractivity contribution in [3.05, 3.63) is 76.9 Å². The molecule has 3 nitrogen and oxygen atoms in total. The Hall–Kier alpha value is -2.42. The van der Waals surface area contributed by atoms with Crippen LogP contribution >= 0.6 is 0 Å². The van der Waals surface area contributed by atoms with Crippen LogP contribution in [0.15, 0.2) is 54.6 Å². The van der Waals surface area contributed by atoms with Crippen LogP contribution in [0.3, 0.4) is 0 Å². The maximum absolute atomic E-state index is 13.5. The summed E-state index contributed by atoms with van der Waals surface area (Å²) in [5, 5.41) is 0. The SMILES string of the molecule is Cc1ccc2c(c1)[Se](=O)(=O)c1cc(C)ccc1N2c1cccc2c1CCCC2. The van der Waals surface area contributed by atoms with E-state index in [1.165, 1.54) is 24.0 Å². The monoisotopic (exact) mass is 437 g/mol. The molecule has 2 aliphatic rings. The zero-order chi connectivity index (χ0) is 19.5. The van der Waals surface area contributed by atoms with Crippen LogP contribution in [0.4, 0.5) is 17.1 Å². The number of hydrogen-bond donors (Lipinski definition) is 0. The number of fused-ring (bicyclic) bond motifs is 3. The second-order valence-corrected chi connectivity index (χ2v) is 11.9. The Bertz CT molecular complexity index is 1150. The van der Waals surface area contributed by atoms with Crippen LogP contribution in [0, 0.1) is 13.8 Å². The second-order valence-electron chi connectivity index (χ2n) is 7.90. The average Bonchev–Trinajstić information content (AvgIpc) is 2.69. The quantitative estimate of drug-likeness (QED) is 0.416. The van der Waals surface area contributed by atoms with Gasteiger partial charge in [0.05, 0.1) is 0 Å². The molecule has 0 fully saturated rings. The number of nitrogens with zero attached hydrogens (tertiary/aromatic N) is 1. The van der Waals surface area contributed by atoms with Gasteiger partial charge in [0.15, 0.2) is 0 Å². The summed E-state index contributed by atoms with van der Waals surface area (Å²) in [6.45, 7) is 3.90. The summed E-state index contributed by atoms with van der Waals surface area (Å²) in [7, 11) is 0. The molecule has 1 aliphatic heterocycles. The number of aryl methyl sites for hydroxylation is 3. The van der Waals surface area contributed by atoms with E-state index < -0.39 is 12.7 Å². The van der Waals surface area contributed by atoms with Crippen LogP contribution in [-0.2, 0) is 20.5 Å². The van der Waals surface area contributed by atoms with Crippen molar-refractivity contribution in [1.82, 2.24) is 0 Å². The molecule has 5 rings (SSSR count). The summed E-state index contributed by atoms with van der Waals surface area (Å²) in [5.74, 6) is 0. The van der Waals surface area contributed by atoms with E-state index in [0.717, 1.165) is 41.0 Å². The van der Waals surface area contributed by atoms with Gasteiger partial charge in [-0.25, -0.2) is 0 Å². The minimum absolute atomic E-state index is 0.475. The third kappa shape index (κ3) is 2.56. The normalized spacial score (nSPS) is 16.9. The molecule has 4 heteroatoms. The second kappa shape index (κ2) is 6.30. The van der Waals surface area contributed by atoms with E-state index >= 15 is 0 Å². The average molecular weight is 436 g/mol. The molecule has 1 aliphatic carbocycles. The van der Waals surface area contributed by atoms with Crippen molar-refractivity contribution in [2.75, 3.05) is 4.90 Å². The van der Waals surface area contributed by atoms with E-state index in [2.05, 4.69) is 23.1 Å². The van der Waals surface area contributed by atoms with Crippen LogP contribution in [-0.4, -0.2) is 12.7 Å². The van der Waals surface area contributed by atoms with E-state index in [4.69, 9.17) is 0 Å². The fourth-order valence-corrected chi connectivity index (χ4v) is 8.27. The van der Waals surface area contributed by atoms with Gasteiger partial charge in [-0.05, 0) is 0 Å². The third-order valence-corrected chi connectivity index (χ3v) is 9.71. The first kappa shape index (κ1) is 17.7. The molecule has 0 unspecified atom stereocenters. The van der Waals surface area contributed by atoms with Crippen molar-refractivity contribution in [2.45, 2.75) is 39.5 Å². The molecule has 0 saturated carbocycles. The van der Waals surface area contributed by atoms with Crippen LogP contribution in [0.2, 0.25) is 0 Å². The fraction of sp³-hybridized carbons (Fsp3) is 0.250. The molecule has 1 heterocycles. The summed E-state index contributed by atoms with van der Waals surface area (Å²) in [6, 6.07) is 18.1. The van der Waals surface area contributed by atoms with Gasteiger partial charge in [-0.15, -0.1) is 0 Å². The summed E-state index contributed by atoms with van der Waals surface area (Å²) in [4.78, 5) is 2.18.